The standard InChI is InChI=1S/C24H25N3O3/c1-15-10-18(14-28)21-7-3-5-17(23(21)26-15)11-16-4-2-6-19(12-16)27-24(30)22-13-20(29)8-9-25-22/h2-7,10,12,22,25,28H,8-9,11,13-14H2,1H3,(H,27,30)/t22-/m0/s1. The van der Waals surface area contributed by atoms with Crippen LogP contribution in [0.25, 0.3) is 10.9 Å². The average molecular weight is 403 g/mol. The van der Waals surface area contributed by atoms with Gasteiger partial charge in [0, 0.05) is 36.2 Å². The fraction of sp³-hybridized carbons (Fsp3) is 0.292. The minimum Gasteiger partial charge on any atom is -0.392 e. The monoisotopic (exact) mass is 403 g/mol. The zero-order valence-corrected chi connectivity index (χ0v) is 16.9. The summed E-state index contributed by atoms with van der Waals surface area (Å²) in [6.45, 7) is 2.44. The van der Waals surface area contributed by atoms with Crippen molar-refractivity contribution in [2.45, 2.75) is 38.8 Å². The molecule has 3 aromatic rings. The first kappa shape index (κ1) is 20.2. The topological polar surface area (TPSA) is 91.3 Å². The molecule has 154 valence electrons. The van der Waals surface area contributed by atoms with Crippen molar-refractivity contribution in [3.8, 4) is 0 Å². The third kappa shape index (κ3) is 4.40. The molecule has 1 amide bonds. The summed E-state index contributed by atoms with van der Waals surface area (Å²) in [5, 5.41) is 16.7. The number of pyridine rings is 1. The maximum absolute atomic E-state index is 12.5. The van der Waals surface area contributed by atoms with Crippen molar-refractivity contribution in [2.75, 3.05) is 11.9 Å². The summed E-state index contributed by atoms with van der Waals surface area (Å²) in [5.74, 6) is -0.0705. The molecule has 1 aliphatic heterocycles. The first-order chi connectivity index (χ1) is 14.5. The van der Waals surface area contributed by atoms with Crippen LogP contribution in [0.2, 0.25) is 0 Å². The van der Waals surface area contributed by atoms with E-state index < -0.39 is 6.04 Å². The van der Waals surface area contributed by atoms with Crippen LogP contribution >= 0.6 is 0 Å². The molecule has 1 atom stereocenters. The Labute approximate surface area is 175 Å². The zero-order chi connectivity index (χ0) is 21.1. The Morgan fingerprint density at radius 1 is 1.20 bits per heavy atom. The molecule has 6 nitrogen and oxygen atoms in total. The van der Waals surface area contributed by atoms with Crippen molar-refractivity contribution in [3.05, 3.63) is 70.9 Å². The van der Waals surface area contributed by atoms with Gasteiger partial charge in [-0.2, -0.15) is 0 Å². The molecule has 0 spiro atoms. The van der Waals surface area contributed by atoms with Gasteiger partial charge in [0.25, 0.3) is 0 Å². The smallest absolute Gasteiger partial charge is 0.241 e. The van der Waals surface area contributed by atoms with Gasteiger partial charge in [-0.25, -0.2) is 0 Å². The van der Waals surface area contributed by atoms with Crippen LogP contribution in [0.15, 0.2) is 48.5 Å². The summed E-state index contributed by atoms with van der Waals surface area (Å²) in [5.41, 5.74) is 5.44. The minimum atomic E-state index is -0.475. The lowest BCUT2D eigenvalue weighted by molar-refractivity contribution is -0.126. The van der Waals surface area contributed by atoms with Crippen molar-refractivity contribution in [1.29, 1.82) is 0 Å². The molecule has 1 fully saturated rings. The Balaban J connectivity index is 1.56. The fourth-order valence-electron chi connectivity index (χ4n) is 3.98. The second kappa shape index (κ2) is 8.73. The van der Waals surface area contributed by atoms with Crippen LogP contribution in [0.4, 0.5) is 5.69 Å². The van der Waals surface area contributed by atoms with Crippen LogP contribution in [-0.4, -0.2) is 34.4 Å². The summed E-state index contributed by atoms with van der Waals surface area (Å²) >= 11 is 0. The summed E-state index contributed by atoms with van der Waals surface area (Å²) in [7, 11) is 0. The molecule has 6 heteroatoms. The lowest BCUT2D eigenvalue weighted by atomic mass is 9.99. The molecule has 2 aromatic carbocycles. The quantitative estimate of drug-likeness (QED) is 0.609. The van der Waals surface area contributed by atoms with Gasteiger partial charge in [-0.3, -0.25) is 14.6 Å². The number of fused-ring (bicyclic) bond motifs is 1. The van der Waals surface area contributed by atoms with Gasteiger partial charge in [-0.15, -0.1) is 0 Å². The number of Topliss-reactive ketones (excluding diaryl/α,β-unsaturated/α-hetero) is 1. The van der Waals surface area contributed by atoms with Crippen LogP contribution < -0.4 is 10.6 Å². The maximum Gasteiger partial charge on any atom is 0.241 e. The number of aliphatic hydroxyl groups excluding tert-OH is 1. The number of carbonyl (C=O) groups is 2. The van der Waals surface area contributed by atoms with Crippen LogP contribution in [0, 0.1) is 6.92 Å². The molecular formula is C24H25N3O3. The summed E-state index contributed by atoms with van der Waals surface area (Å²) in [6, 6.07) is 15.2. The Kier molecular flexibility index (Phi) is 5.88. The summed E-state index contributed by atoms with van der Waals surface area (Å²) in [4.78, 5) is 28.8. The number of aliphatic hydroxyl groups is 1. The first-order valence-electron chi connectivity index (χ1n) is 10.2. The summed E-state index contributed by atoms with van der Waals surface area (Å²) in [6.07, 6.45) is 1.37. The summed E-state index contributed by atoms with van der Waals surface area (Å²) < 4.78 is 0. The van der Waals surface area contributed by atoms with E-state index in [1.165, 1.54) is 0 Å². The molecule has 1 aromatic heterocycles. The number of anilines is 1. The minimum absolute atomic E-state index is 0.0253. The molecule has 0 radical (unpaired) electrons. The lowest BCUT2D eigenvalue weighted by Gasteiger charge is -2.22. The Morgan fingerprint density at radius 3 is 2.83 bits per heavy atom. The largest absolute Gasteiger partial charge is 0.392 e. The van der Waals surface area contributed by atoms with Gasteiger partial charge >= 0.3 is 0 Å². The highest BCUT2D eigenvalue weighted by Gasteiger charge is 2.25. The van der Waals surface area contributed by atoms with E-state index in [2.05, 4.69) is 10.6 Å². The van der Waals surface area contributed by atoms with Crippen molar-refractivity contribution in [3.63, 3.8) is 0 Å². The van der Waals surface area contributed by atoms with Gasteiger partial charge in [0.15, 0.2) is 0 Å². The third-order valence-electron chi connectivity index (χ3n) is 5.44. The molecule has 4 rings (SSSR count). The van der Waals surface area contributed by atoms with E-state index in [-0.39, 0.29) is 24.7 Å². The van der Waals surface area contributed by atoms with E-state index in [1.54, 1.807) is 0 Å². The molecular weight excluding hydrogens is 378 g/mol. The van der Waals surface area contributed by atoms with Gasteiger partial charge in [0.1, 0.15) is 5.78 Å². The number of ketones is 1. The predicted molar refractivity (Wildman–Crippen MR) is 116 cm³/mol. The van der Waals surface area contributed by atoms with E-state index in [0.717, 1.165) is 33.3 Å². The van der Waals surface area contributed by atoms with E-state index in [0.29, 0.717) is 25.1 Å². The number of hydrogen-bond acceptors (Lipinski definition) is 5. The third-order valence-corrected chi connectivity index (χ3v) is 5.44. The number of rotatable bonds is 5. The van der Waals surface area contributed by atoms with Crippen LogP contribution in [0.1, 0.15) is 35.2 Å². The number of nitrogens with one attached hydrogen (secondary N) is 2. The number of aromatic nitrogens is 1. The Hall–Kier alpha value is -3.09. The zero-order valence-electron chi connectivity index (χ0n) is 16.9. The van der Waals surface area contributed by atoms with Gasteiger partial charge in [-0.1, -0.05) is 30.3 Å². The molecule has 0 saturated carbocycles. The molecule has 2 heterocycles. The maximum atomic E-state index is 12.5. The normalized spacial score (nSPS) is 16.6. The van der Waals surface area contributed by atoms with E-state index in [9.17, 15) is 14.7 Å². The molecule has 0 unspecified atom stereocenters. The van der Waals surface area contributed by atoms with Crippen molar-refractivity contribution in [2.24, 2.45) is 0 Å². The number of para-hydroxylation sites is 1. The number of benzene rings is 2. The Morgan fingerprint density at radius 2 is 2.03 bits per heavy atom. The second-order valence-corrected chi connectivity index (χ2v) is 7.76. The lowest BCUT2D eigenvalue weighted by Crippen LogP contribution is -2.46. The Bertz CT molecular complexity index is 1110. The molecule has 1 saturated heterocycles. The highest BCUT2D eigenvalue weighted by atomic mass is 16.3. The van der Waals surface area contributed by atoms with Crippen LogP contribution in [-0.2, 0) is 22.6 Å². The number of carbonyl (C=O) groups excluding carboxylic acids is 2. The number of aryl methyl sites for hydroxylation is 1. The van der Waals surface area contributed by atoms with Crippen LogP contribution in [0.5, 0.6) is 0 Å². The van der Waals surface area contributed by atoms with E-state index >= 15 is 0 Å². The highest BCUT2D eigenvalue weighted by molar-refractivity contribution is 5.98. The SMILES string of the molecule is Cc1cc(CO)c2cccc(Cc3cccc(NC(=O)[C@@H]4CC(=O)CCN4)c3)c2n1. The van der Waals surface area contributed by atoms with Crippen molar-refractivity contribution in [1.82, 2.24) is 10.3 Å². The molecule has 1 aliphatic rings. The molecule has 0 aliphatic carbocycles. The van der Waals surface area contributed by atoms with Crippen LogP contribution in [0.3, 0.4) is 0 Å². The van der Waals surface area contributed by atoms with Gasteiger partial charge < -0.3 is 15.7 Å². The predicted octanol–water partition coefficient (Wildman–Crippen LogP) is 2.89. The van der Waals surface area contributed by atoms with Gasteiger partial charge in [-0.05, 0) is 48.2 Å². The molecule has 3 N–H and O–H groups in total. The first-order valence-corrected chi connectivity index (χ1v) is 10.2. The number of nitrogens with zero attached hydrogens (tertiary/aromatic N) is 1. The number of hydrogen-bond donors (Lipinski definition) is 3. The molecule has 30 heavy (non-hydrogen) atoms. The van der Waals surface area contributed by atoms with Crippen molar-refractivity contribution >= 4 is 28.3 Å². The van der Waals surface area contributed by atoms with E-state index in [4.69, 9.17) is 4.98 Å². The highest BCUT2D eigenvalue weighted by Crippen LogP contribution is 2.25. The number of amides is 1. The molecule has 0 bridgehead atoms. The number of piperidine rings is 1. The van der Waals surface area contributed by atoms with E-state index in [1.807, 2.05) is 55.5 Å². The van der Waals surface area contributed by atoms with Gasteiger partial charge in [0.2, 0.25) is 5.91 Å². The second-order valence-electron chi connectivity index (χ2n) is 7.76. The van der Waals surface area contributed by atoms with Gasteiger partial charge in [0.05, 0.1) is 18.2 Å². The van der Waals surface area contributed by atoms with Crippen molar-refractivity contribution < 1.29 is 14.7 Å². The average Bonchev–Trinajstić information content (AvgIpc) is 2.74. The fourth-order valence-corrected chi connectivity index (χ4v) is 3.98.